The van der Waals surface area contributed by atoms with Gasteiger partial charge in [0.25, 0.3) is 5.91 Å². The third-order valence-electron chi connectivity index (χ3n) is 11.5. The highest BCUT2D eigenvalue weighted by Gasteiger charge is 2.44. The van der Waals surface area contributed by atoms with Gasteiger partial charge in [0.15, 0.2) is 0 Å². The van der Waals surface area contributed by atoms with E-state index in [1.165, 1.54) is 6.42 Å². The van der Waals surface area contributed by atoms with Crippen LogP contribution in [0.2, 0.25) is 0 Å². The zero-order valence-electron chi connectivity index (χ0n) is 30.5. The largest absolute Gasteiger partial charge is 0.352 e. The zero-order chi connectivity index (χ0) is 35.4. The summed E-state index contributed by atoms with van der Waals surface area (Å²) in [6.45, 7) is 2.01. The Kier molecular flexibility index (Phi) is 12.5. The summed E-state index contributed by atoms with van der Waals surface area (Å²) in [6.07, 6.45) is 9.32. The normalized spacial score (nSPS) is 23.3. The molecule has 3 fully saturated rings. The fourth-order valence-corrected chi connectivity index (χ4v) is 8.49. The van der Waals surface area contributed by atoms with Gasteiger partial charge in [0.05, 0.1) is 0 Å². The van der Waals surface area contributed by atoms with E-state index in [1.807, 2.05) is 73.1 Å². The lowest BCUT2D eigenvalue weighted by Gasteiger charge is -2.37. The molecule has 3 aliphatic carbocycles. The standard InChI is InChI=1S/C40H54N6O4.ClH/c1-26-15-17-27(18-16-26)23-32(37(48)41-30-20-19-29(24-30)36(47)42-31-12-6-8-14-34(31)45(2)3)43-39(50)40(21-9-10-22-40)44-38(49)35-25-28-11-5-7-13-33(28)46(35)4;/h5,7,11,13,15-18,25,29-32,34H,6,8-10,12,14,19-24H2,1-4H3,(H,41,48)(H,42,47)(H,43,50)(H,44,49);1H/t29-,30+,31+,32-,34+;/m1./s1. The Morgan fingerprint density at radius 2 is 1.61 bits per heavy atom. The van der Waals surface area contributed by atoms with Crippen LogP contribution in [0.5, 0.6) is 0 Å². The molecule has 6 rings (SSSR count). The van der Waals surface area contributed by atoms with Gasteiger partial charge in [0.2, 0.25) is 17.7 Å². The number of carbonyl (C=O) groups excluding carboxylic acids is 4. The van der Waals surface area contributed by atoms with Crippen LogP contribution in [0.15, 0.2) is 54.6 Å². The molecule has 4 N–H and O–H groups in total. The smallest absolute Gasteiger partial charge is 0.268 e. The number of halogens is 1. The minimum Gasteiger partial charge on any atom is -0.352 e. The number of para-hydroxylation sites is 1. The van der Waals surface area contributed by atoms with E-state index in [0.717, 1.165) is 54.1 Å². The fourth-order valence-electron chi connectivity index (χ4n) is 8.49. The summed E-state index contributed by atoms with van der Waals surface area (Å²) < 4.78 is 1.85. The molecule has 1 heterocycles. The van der Waals surface area contributed by atoms with E-state index in [2.05, 4.69) is 40.3 Å². The maximum atomic E-state index is 14.2. The average molecular weight is 719 g/mol. The van der Waals surface area contributed by atoms with Gasteiger partial charge in [-0.3, -0.25) is 19.2 Å². The number of hydrogen-bond donors (Lipinski definition) is 4. The predicted octanol–water partition coefficient (Wildman–Crippen LogP) is 4.95. The van der Waals surface area contributed by atoms with Crippen molar-refractivity contribution in [2.75, 3.05) is 14.1 Å². The van der Waals surface area contributed by atoms with Crippen LogP contribution in [0.4, 0.5) is 0 Å². The van der Waals surface area contributed by atoms with E-state index in [9.17, 15) is 19.2 Å². The minimum atomic E-state index is -1.11. The van der Waals surface area contributed by atoms with Gasteiger partial charge in [0, 0.05) is 48.4 Å². The van der Waals surface area contributed by atoms with Gasteiger partial charge < -0.3 is 30.7 Å². The SMILES string of the molecule is Cc1ccc(C[C@@H](NC(=O)C2(NC(=O)c3cc4ccccc4n3C)CCCC2)C(=O)N[C@H]2CC[C@@H](C(=O)N[C@H]3CCCC[C@@H]3N(C)C)C2)cc1.Cl. The lowest BCUT2D eigenvalue weighted by Crippen LogP contribution is -2.61. The third kappa shape index (κ3) is 8.78. The summed E-state index contributed by atoms with van der Waals surface area (Å²) in [6, 6.07) is 17.1. The van der Waals surface area contributed by atoms with Crippen molar-refractivity contribution < 1.29 is 19.2 Å². The summed E-state index contributed by atoms with van der Waals surface area (Å²) >= 11 is 0. The molecule has 2 aromatic carbocycles. The molecule has 0 spiro atoms. The number of rotatable bonds is 11. The van der Waals surface area contributed by atoms with Gasteiger partial charge in [-0.1, -0.05) is 73.7 Å². The van der Waals surface area contributed by atoms with Crippen LogP contribution in [0.1, 0.15) is 92.2 Å². The highest BCUT2D eigenvalue weighted by molar-refractivity contribution is 6.02. The third-order valence-corrected chi connectivity index (χ3v) is 11.5. The summed E-state index contributed by atoms with van der Waals surface area (Å²) in [5.74, 6) is -0.976. The number of benzene rings is 2. The summed E-state index contributed by atoms with van der Waals surface area (Å²) in [4.78, 5) is 57.5. The van der Waals surface area contributed by atoms with Crippen LogP contribution in [0.25, 0.3) is 10.9 Å². The molecule has 3 aromatic rings. The molecule has 1 aromatic heterocycles. The van der Waals surface area contributed by atoms with Crippen LogP contribution >= 0.6 is 12.4 Å². The summed E-state index contributed by atoms with van der Waals surface area (Å²) in [5.41, 5.74) is 2.36. The van der Waals surface area contributed by atoms with Crippen molar-refractivity contribution in [1.82, 2.24) is 30.7 Å². The van der Waals surface area contributed by atoms with Crippen molar-refractivity contribution in [1.29, 1.82) is 0 Å². The van der Waals surface area contributed by atoms with Crippen LogP contribution in [-0.4, -0.2) is 76.9 Å². The second kappa shape index (κ2) is 16.6. The molecule has 0 bridgehead atoms. The topological polar surface area (TPSA) is 125 Å². The van der Waals surface area contributed by atoms with Gasteiger partial charge in [-0.2, -0.15) is 0 Å². The average Bonchev–Trinajstić information content (AvgIpc) is 3.85. The Bertz CT molecular complexity index is 1700. The molecule has 0 aliphatic heterocycles. The van der Waals surface area contributed by atoms with Gasteiger partial charge in [-0.25, -0.2) is 0 Å². The van der Waals surface area contributed by atoms with E-state index in [-0.39, 0.29) is 54.0 Å². The Morgan fingerprint density at radius 1 is 0.902 bits per heavy atom. The second-order valence-corrected chi connectivity index (χ2v) is 15.3. The Balaban J connectivity index is 0.00000504. The summed E-state index contributed by atoms with van der Waals surface area (Å²) in [7, 11) is 6.01. The van der Waals surface area contributed by atoms with E-state index in [0.29, 0.717) is 50.3 Å². The number of nitrogens with one attached hydrogen (secondary N) is 4. The maximum absolute atomic E-state index is 14.2. The molecule has 0 radical (unpaired) electrons. The first-order valence-corrected chi connectivity index (χ1v) is 18.5. The molecule has 276 valence electrons. The Labute approximate surface area is 308 Å². The fraction of sp³-hybridized carbons (Fsp3) is 0.550. The van der Waals surface area contributed by atoms with E-state index >= 15 is 0 Å². The second-order valence-electron chi connectivity index (χ2n) is 15.3. The number of aryl methyl sites for hydroxylation is 2. The number of carbonyl (C=O) groups is 4. The molecule has 3 aliphatic rings. The van der Waals surface area contributed by atoms with Crippen molar-refractivity contribution >= 4 is 46.9 Å². The molecular weight excluding hydrogens is 664 g/mol. The number of hydrogen-bond acceptors (Lipinski definition) is 5. The maximum Gasteiger partial charge on any atom is 0.268 e. The first-order chi connectivity index (χ1) is 24.0. The van der Waals surface area contributed by atoms with Crippen molar-refractivity contribution in [3.8, 4) is 0 Å². The molecule has 11 heteroatoms. The quantitative estimate of drug-likeness (QED) is 0.224. The number of nitrogens with zero attached hydrogens (tertiary/aromatic N) is 2. The van der Waals surface area contributed by atoms with Crippen LogP contribution < -0.4 is 21.3 Å². The van der Waals surface area contributed by atoms with Gasteiger partial charge in [-0.05, 0) is 83.7 Å². The van der Waals surface area contributed by atoms with E-state index < -0.39 is 11.6 Å². The first kappa shape index (κ1) is 38.3. The molecular formula is C40H55ClN6O4. The van der Waals surface area contributed by atoms with Gasteiger partial charge in [0.1, 0.15) is 17.3 Å². The lowest BCUT2D eigenvalue weighted by molar-refractivity contribution is -0.132. The highest BCUT2D eigenvalue weighted by atomic mass is 35.5. The molecule has 5 atom stereocenters. The van der Waals surface area contributed by atoms with Crippen molar-refractivity contribution in [2.45, 2.75) is 114 Å². The Hall–Kier alpha value is -3.89. The molecule has 10 nitrogen and oxygen atoms in total. The molecule has 4 amide bonds. The predicted molar refractivity (Wildman–Crippen MR) is 203 cm³/mol. The van der Waals surface area contributed by atoms with Crippen molar-refractivity contribution in [2.24, 2.45) is 13.0 Å². The lowest BCUT2D eigenvalue weighted by atomic mass is 9.89. The van der Waals surface area contributed by atoms with Crippen molar-refractivity contribution in [3.63, 3.8) is 0 Å². The van der Waals surface area contributed by atoms with Crippen LogP contribution in [0.3, 0.4) is 0 Å². The number of aromatic nitrogens is 1. The highest BCUT2D eigenvalue weighted by Crippen LogP contribution is 2.32. The number of amides is 4. The molecule has 51 heavy (non-hydrogen) atoms. The molecule has 3 saturated carbocycles. The minimum absolute atomic E-state index is 0. The van der Waals surface area contributed by atoms with Gasteiger partial charge in [-0.15, -0.1) is 12.4 Å². The van der Waals surface area contributed by atoms with Crippen LogP contribution in [0, 0.1) is 12.8 Å². The van der Waals surface area contributed by atoms with Crippen LogP contribution in [-0.2, 0) is 27.9 Å². The van der Waals surface area contributed by atoms with Gasteiger partial charge >= 0.3 is 0 Å². The van der Waals surface area contributed by atoms with Crippen molar-refractivity contribution in [3.05, 3.63) is 71.4 Å². The van der Waals surface area contributed by atoms with E-state index in [4.69, 9.17) is 0 Å². The number of fused-ring (bicyclic) bond motifs is 1. The molecule has 0 saturated heterocycles. The first-order valence-electron chi connectivity index (χ1n) is 18.5. The number of likely N-dealkylation sites (N-methyl/N-ethyl adjacent to an activating group) is 1. The van der Waals surface area contributed by atoms with E-state index in [1.54, 1.807) is 0 Å². The zero-order valence-corrected chi connectivity index (χ0v) is 31.3. The Morgan fingerprint density at radius 3 is 2.31 bits per heavy atom. The monoisotopic (exact) mass is 718 g/mol. The molecule has 0 unspecified atom stereocenters. The summed E-state index contributed by atoms with van der Waals surface area (Å²) in [5, 5.41) is 13.7.